The largest absolute Gasteiger partial charge is 0.314 e. The third-order valence-corrected chi connectivity index (χ3v) is 2.26. The van der Waals surface area contributed by atoms with Gasteiger partial charge in [-0.05, 0) is 6.08 Å². The summed E-state index contributed by atoms with van der Waals surface area (Å²) in [4.78, 5) is 12.4. The van der Waals surface area contributed by atoms with Gasteiger partial charge in [-0.1, -0.05) is 0 Å². The van der Waals surface area contributed by atoms with Gasteiger partial charge in [0, 0.05) is 12.6 Å². The number of hydrogen-bond acceptors (Lipinski definition) is 1. The molecular formula is C6H6ClNO. The van der Waals surface area contributed by atoms with E-state index in [9.17, 15) is 4.79 Å². The molecule has 0 radical (unpaired) electrons. The van der Waals surface area contributed by atoms with Crippen LogP contribution in [0.5, 0.6) is 0 Å². The Labute approximate surface area is 58.1 Å². The Morgan fingerprint density at radius 1 is 1.78 bits per heavy atom. The van der Waals surface area contributed by atoms with Crippen LogP contribution in [-0.2, 0) is 4.79 Å². The Morgan fingerprint density at radius 2 is 2.56 bits per heavy atom. The zero-order chi connectivity index (χ0) is 6.43. The highest BCUT2D eigenvalue weighted by Crippen LogP contribution is 2.31. The number of carbonyl (C=O) groups is 1. The van der Waals surface area contributed by atoms with Gasteiger partial charge in [0.15, 0.2) is 0 Å². The van der Waals surface area contributed by atoms with Gasteiger partial charge >= 0.3 is 0 Å². The van der Waals surface area contributed by atoms with Gasteiger partial charge in [0.2, 0.25) is 5.91 Å². The predicted molar refractivity (Wildman–Crippen MR) is 34.0 cm³/mol. The Hall–Kier alpha value is -0.500. The van der Waals surface area contributed by atoms with Crippen molar-refractivity contribution in [2.24, 2.45) is 0 Å². The summed E-state index contributed by atoms with van der Waals surface area (Å²) in [6, 6.07) is 0.277. The molecule has 0 aliphatic carbocycles. The van der Waals surface area contributed by atoms with Gasteiger partial charge in [-0.2, -0.15) is 0 Å². The molecule has 2 aliphatic rings. The summed E-state index contributed by atoms with van der Waals surface area (Å²) < 4.78 is 0. The molecule has 1 amide bonds. The minimum atomic E-state index is 0.0581. The fourth-order valence-electron chi connectivity index (χ4n) is 1.22. The molecule has 0 N–H and O–H groups in total. The molecular weight excluding hydrogens is 138 g/mol. The average molecular weight is 144 g/mol. The second-order valence-corrected chi connectivity index (χ2v) is 2.86. The number of amides is 1. The van der Waals surface area contributed by atoms with E-state index in [1.807, 2.05) is 6.08 Å². The highest BCUT2D eigenvalue weighted by molar-refractivity contribution is 6.23. The maximum Gasteiger partial charge on any atom is 0.228 e. The van der Waals surface area contributed by atoms with Crippen molar-refractivity contribution in [3.05, 3.63) is 12.3 Å². The maximum absolute atomic E-state index is 10.7. The number of nitrogens with zero attached hydrogens (tertiary/aromatic N) is 1. The first-order chi connectivity index (χ1) is 4.29. The molecule has 0 aromatic rings. The lowest BCUT2D eigenvalue weighted by Crippen LogP contribution is -2.49. The van der Waals surface area contributed by atoms with Crippen molar-refractivity contribution in [3.63, 3.8) is 0 Å². The van der Waals surface area contributed by atoms with Crippen LogP contribution in [-0.4, -0.2) is 22.2 Å². The Balaban J connectivity index is 2.19. The van der Waals surface area contributed by atoms with Crippen molar-refractivity contribution in [3.8, 4) is 0 Å². The third-order valence-electron chi connectivity index (χ3n) is 1.83. The van der Waals surface area contributed by atoms with E-state index >= 15 is 0 Å². The normalized spacial score (nSPS) is 38.8. The zero-order valence-corrected chi connectivity index (χ0v) is 5.51. The van der Waals surface area contributed by atoms with Gasteiger partial charge in [-0.15, -0.1) is 11.6 Å². The van der Waals surface area contributed by atoms with Gasteiger partial charge in [0.25, 0.3) is 0 Å². The SMILES string of the molecule is O=C1C[C@H]2C(Cl)C=CN12. The lowest BCUT2D eigenvalue weighted by molar-refractivity contribution is -0.139. The van der Waals surface area contributed by atoms with Crippen LogP contribution in [0.2, 0.25) is 0 Å². The van der Waals surface area contributed by atoms with E-state index in [0.29, 0.717) is 6.42 Å². The topological polar surface area (TPSA) is 20.3 Å². The second-order valence-electron chi connectivity index (χ2n) is 2.36. The Bertz CT molecular complexity index is 189. The lowest BCUT2D eigenvalue weighted by Gasteiger charge is -2.34. The molecule has 0 saturated carbocycles. The summed E-state index contributed by atoms with van der Waals surface area (Å²) in [5.74, 6) is 0.194. The number of alkyl halides is 1. The molecule has 1 fully saturated rings. The molecule has 1 saturated heterocycles. The zero-order valence-electron chi connectivity index (χ0n) is 4.75. The smallest absolute Gasteiger partial charge is 0.228 e. The van der Waals surface area contributed by atoms with Gasteiger partial charge in [-0.25, -0.2) is 0 Å². The highest BCUT2D eigenvalue weighted by atomic mass is 35.5. The summed E-state index contributed by atoms with van der Waals surface area (Å²) in [7, 11) is 0. The minimum absolute atomic E-state index is 0.0581. The van der Waals surface area contributed by atoms with Crippen molar-refractivity contribution < 1.29 is 4.79 Å². The first-order valence-electron chi connectivity index (χ1n) is 2.92. The fourth-order valence-corrected chi connectivity index (χ4v) is 1.49. The van der Waals surface area contributed by atoms with E-state index in [-0.39, 0.29) is 17.3 Å². The molecule has 0 bridgehead atoms. The summed E-state index contributed by atoms with van der Waals surface area (Å²) >= 11 is 5.79. The van der Waals surface area contributed by atoms with Crippen LogP contribution >= 0.6 is 11.6 Å². The van der Waals surface area contributed by atoms with Gasteiger partial charge < -0.3 is 4.90 Å². The molecule has 0 aromatic heterocycles. The van der Waals surface area contributed by atoms with Gasteiger partial charge in [0.1, 0.15) is 0 Å². The summed E-state index contributed by atoms with van der Waals surface area (Å²) in [5.41, 5.74) is 0. The van der Waals surface area contributed by atoms with Crippen LogP contribution in [0.15, 0.2) is 12.3 Å². The quantitative estimate of drug-likeness (QED) is 0.362. The number of carbonyl (C=O) groups excluding carboxylic acids is 1. The van der Waals surface area contributed by atoms with Crippen LogP contribution in [0, 0.1) is 0 Å². The van der Waals surface area contributed by atoms with E-state index < -0.39 is 0 Å². The maximum atomic E-state index is 10.7. The molecule has 2 atom stereocenters. The molecule has 48 valence electrons. The number of hydrogen-bond donors (Lipinski definition) is 0. The lowest BCUT2D eigenvalue weighted by atomic mass is 10.0. The van der Waals surface area contributed by atoms with Crippen molar-refractivity contribution in [2.75, 3.05) is 0 Å². The molecule has 3 heteroatoms. The van der Waals surface area contributed by atoms with Crippen molar-refractivity contribution >= 4 is 17.5 Å². The van der Waals surface area contributed by atoms with Gasteiger partial charge in [0.05, 0.1) is 11.4 Å². The summed E-state index contributed by atoms with van der Waals surface area (Å²) in [6.45, 7) is 0. The van der Waals surface area contributed by atoms with Crippen molar-refractivity contribution in [1.29, 1.82) is 0 Å². The fraction of sp³-hybridized carbons (Fsp3) is 0.500. The predicted octanol–water partition coefficient (Wildman–Crippen LogP) is 0.722. The van der Waals surface area contributed by atoms with E-state index in [4.69, 9.17) is 11.6 Å². The highest BCUT2D eigenvalue weighted by Gasteiger charge is 2.41. The minimum Gasteiger partial charge on any atom is -0.314 e. The van der Waals surface area contributed by atoms with Crippen molar-refractivity contribution in [2.45, 2.75) is 17.8 Å². The van der Waals surface area contributed by atoms with Crippen LogP contribution in [0.1, 0.15) is 6.42 Å². The number of fused-ring (bicyclic) bond motifs is 1. The molecule has 2 aliphatic heterocycles. The molecule has 1 unspecified atom stereocenters. The van der Waals surface area contributed by atoms with E-state index in [0.717, 1.165) is 0 Å². The molecule has 0 aromatic carbocycles. The van der Waals surface area contributed by atoms with Crippen LogP contribution in [0.25, 0.3) is 0 Å². The Morgan fingerprint density at radius 3 is 3.00 bits per heavy atom. The average Bonchev–Trinajstić information content (AvgIpc) is 2.07. The summed E-state index contributed by atoms with van der Waals surface area (Å²) in [6.07, 6.45) is 4.26. The molecule has 2 nitrogen and oxygen atoms in total. The first-order valence-corrected chi connectivity index (χ1v) is 3.36. The molecule has 0 spiro atoms. The molecule has 9 heavy (non-hydrogen) atoms. The molecule has 2 rings (SSSR count). The van der Waals surface area contributed by atoms with Crippen molar-refractivity contribution in [1.82, 2.24) is 4.90 Å². The Kier molecular flexibility index (Phi) is 0.887. The van der Waals surface area contributed by atoms with Gasteiger partial charge in [-0.3, -0.25) is 4.79 Å². The number of halogens is 1. The summed E-state index contributed by atoms with van der Waals surface area (Å²) in [5, 5.41) is 0.0581. The van der Waals surface area contributed by atoms with E-state index in [2.05, 4.69) is 0 Å². The van der Waals surface area contributed by atoms with Crippen LogP contribution < -0.4 is 0 Å². The van der Waals surface area contributed by atoms with E-state index in [1.54, 1.807) is 11.1 Å². The third kappa shape index (κ3) is 0.540. The van der Waals surface area contributed by atoms with Crippen LogP contribution in [0.4, 0.5) is 0 Å². The van der Waals surface area contributed by atoms with Crippen LogP contribution in [0.3, 0.4) is 0 Å². The molecule has 2 heterocycles. The monoisotopic (exact) mass is 143 g/mol. The first kappa shape index (κ1) is 5.30. The number of β-lactam (4-membered cyclic amide) rings is 1. The second kappa shape index (κ2) is 1.51. The van der Waals surface area contributed by atoms with E-state index in [1.165, 1.54) is 0 Å². The standard InChI is InChI=1S/C6H6ClNO/c7-4-1-2-8-5(4)3-6(8)9/h1-2,4-5H,3H2/t4?,5-/m0/s1. The number of rotatable bonds is 0.